The summed E-state index contributed by atoms with van der Waals surface area (Å²) >= 11 is 0. The summed E-state index contributed by atoms with van der Waals surface area (Å²) in [5.74, 6) is 5.67. The molecular weight excluding hydrogens is 242 g/mol. The highest BCUT2D eigenvalue weighted by Crippen LogP contribution is 2.22. The van der Waals surface area contributed by atoms with Crippen LogP contribution in [0.2, 0.25) is 0 Å². The Hall–Kier alpha value is -1.69. The highest BCUT2D eigenvalue weighted by Gasteiger charge is 2.27. The van der Waals surface area contributed by atoms with E-state index in [0.717, 1.165) is 32.2 Å². The predicted octanol–water partition coefficient (Wildman–Crippen LogP) is 1.56. The smallest absolute Gasteiger partial charge is 0.274 e. The molecule has 6 heteroatoms. The number of nitrogen functional groups attached to an aromatic ring is 1. The van der Waals surface area contributed by atoms with Crippen LogP contribution in [0.4, 0.5) is 5.82 Å². The number of nitrogens with zero attached hydrogens (tertiary/aromatic N) is 3. The van der Waals surface area contributed by atoms with E-state index in [9.17, 15) is 4.79 Å². The van der Waals surface area contributed by atoms with Crippen molar-refractivity contribution in [2.45, 2.75) is 45.1 Å². The fraction of sp³-hybridized carbons (Fsp3) is 0.615. The van der Waals surface area contributed by atoms with Crippen LogP contribution in [-0.4, -0.2) is 33.4 Å². The normalized spacial score (nSPS) is 19.3. The zero-order valence-corrected chi connectivity index (χ0v) is 11.3. The molecule has 1 atom stereocenters. The summed E-state index contributed by atoms with van der Waals surface area (Å²) < 4.78 is 0. The predicted molar refractivity (Wildman–Crippen MR) is 73.4 cm³/mol. The largest absolute Gasteiger partial charge is 0.334 e. The molecule has 1 aliphatic heterocycles. The van der Waals surface area contributed by atoms with Crippen LogP contribution in [-0.2, 0) is 0 Å². The quantitative estimate of drug-likeness (QED) is 0.636. The molecule has 19 heavy (non-hydrogen) atoms. The van der Waals surface area contributed by atoms with Gasteiger partial charge >= 0.3 is 0 Å². The molecule has 1 aromatic rings. The average Bonchev–Trinajstić information content (AvgIpc) is 2.47. The number of nitrogens with two attached hydrogens (primary N) is 1. The number of anilines is 1. The van der Waals surface area contributed by atoms with Crippen molar-refractivity contribution in [3.63, 3.8) is 0 Å². The SMILES string of the molecule is CCCC1CCCCN1C(=O)c1cnc(NN)cn1. The minimum atomic E-state index is -0.0192. The summed E-state index contributed by atoms with van der Waals surface area (Å²) in [5, 5.41) is 0. The summed E-state index contributed by atoms with van der Waals surface area (Å²) in [7, 11) is 0. The molecule has 104 valence electrons. The van der Waals surface area contributed by atoms with Gasteiger partial charge in [-0.25, -0.2) is 15.8 Å². The van der Waals surface area contributed by atoms with Gasteiger partial charge in [-0.1, -0.05) is 13.3 Å². The molecule has 0 aromatic carbocycles. The summed E-state index contributed by atoms with van der Waals surface area (Å²) in [6.07, 6.45) is 8.48. The average molecular weight is 263 g/mol. The van der Waals surface area contributed by atoms with Crippen LogP contribution in [0.1, 0.15) is 49.5 Å². The molecule has 0 spiro atoms. The number of carbonyl (C=O) groups excluding carboxylic acids is 1. The molecule has 0 radical (unpaired) electrons. The first kappa shape index (κ1) is 13.7. The maximum absolute atomic E-state index is 12.5. The molecule has 6 nitrogen and oxygen atoms in total. The lowest BCUT2D eigenvalue weighted by Gasteiger charge is -2.35. The monoisotopic (exact) mass is 263 g/mol. The Morgan fingerprint density at radius 3 is 2.95 bits per heavy atom. The Morgan fingerprint density at radius 1 is 1.47 bits per heavy atom. The van der Waals surface area contributed by atoms with Crippen LogP contribution < -0.4 is 11.3 Å². The van der Waals surface area contributed by atoms with Crippen LogP contribution in [0, 0.1) is 0 Å². The van der Waals surface area contributed by atoms with Crippen molar-refractivity contribution in [3.8, 4) is 0 Å². The topological polar surface area (TPSA) is 84.1 Å². The van der Waals surface area contributed by atoms with Gasteiger partial charge in [0.25, 0.3) is 5.91 Å². The molecule has 1 fully saturated rings. The van der Waals surface area contributed by atoms with Crippen LogP contribution in [0.25, 0.3) is 0 Å². The second kappa shape index (κ2) is 6.47. The Kier molecular flexibility index (Phi) is 4.68. The van der Waals surface area contributed by atoms with E-state index in [1.165, 1.54) is 18.8 Å². The van der Waals surface area contributed by atoms with Crippen molar-refractivity contribution in [2.75, 3.05) is 12.0 Å². The highest BCUT2D eigenvalue weighted by molar-refractivity contribution is 5.92. The fourth-order valence-electron chi connectivity index (χ4n) is 2.56. The number of hydrazine groups is 1. The number of amides is 1. The minimum absolute atomic E-state index is 0.0192. The number of hydrogen-bond donors (Lipinski definition) is 2. The Labute approximate surface area is 113 Å². The lowest BCUT2D eigenvalue weighted by atomic mass is 9.98. The lowest BCUT2D eigenvalue weighted by molar-refractivity contribution is 0.0594. The van der Waals surface area contributed by atoms with E-state index in [1.807, 2.05) is 4.90 Å². The molecule has 3 N–H and O–H groups in total. The molecule has 1 aromatic heterocycles. The summed E-state index contributed by atoms with van der Waals surface area (Å²) in [4.78, 5) is 22.6. The number of rotatable bonds is 4. The number of nitrogens with one attached hydrogen (secondary N) is 1. The highest BCUT2D eigenvalue weighted by atomic mass is 16.2. The molecule has 1 unspecified atom stereocenters. The van der Waals surface area contributed by atoms with E-state index in [0.29, 0.717) is 17.6 Å². The molecule has 2 heterocycles. The van der Waals surface area contributed by atoms with Gasteiger partial charge in [0, 0.05) is 12.6 Å². The maximum atomic E-state index is 12.5. The van der Waals surface area contributed by atoms with Gasteiger partial charge in [-0.2, -0.15) is 0 Å². The van der Waals surface area contributed by atoms with Crippen molar-refractivity contribution >= 4 is 11.7 Å². The molecule has 1 saturated heterocycles. The second-order valence-electron chi connectivity index (χ2n) is 4.87. The van der Waals surface area contributed by atoms with Gasteiger partial charge in [0.05, 0.1) is 12.4 Å². The van der Waals surface area contributed by atoms with Crippen molar-refractivity contribution in [1.29, 1.82) is 0 Å². The first-order valence-corrected chi connectivity index (χ1v) is 6.86. The van der Waals surface area contributed by atoms with Crippen LogP contribution in [0.15, 0.2) is 12.4 Å². The summed E-state index contributed by atoms with van der Waals surface area (Å²) in [6.45, 7) is 2.97. The third-order valence-corrected chi connectivity index (χ3v) is 3.53. The Bertz CT molecular complexity index is 418. The van der Waals surface area contributed by atoms with E-state index >= 15 is 0 Å². The van der Waals surface area contributed by atoms with Gasteiger partial charge in [-0.05, 0) is 25.7 Å². The van der Waals surface area contributed by atoms with Gasteiger partial charge in [-0.15, -0.1) is 0 Å². The van der Waals surface area contributed by atoms with Gasteiger partial charge in [-0.3, -0.25) is 4.79 Å². The van der Waals surface area contributed by atoms with Crippen molar-refractivity contribution < 1.29 is 4.79 Å². The number of aromatic nitrogens is 2. The van der Waals surface area contributed by atoms with Crippen molar-refractivity contribution in [2.24, 2.45) is 5.84 Å². The molecule has 0 bridgehead atoms. The third-order valence-electron chi connectivity index (χ3n) is 3.53. The number of likely N-dealkylation sites (tertiary alicyclic amines) is 1. The minimum Gasteiger partial charge on any atom is -0.334 e. The van der Waals surface area contributed by atoms with Crippen molar-refractivity contribution in [1.82, 2.24) is 14.9 Å². The van der Waals surface area contributed by atoms with E-state index < -0.39 is 0 Å². The van der Waals surface area contributed by atoms with E-state index in [4.69, 9.17) is 5.84 Å². The van der Waals surface area contributed by atoms with Gasteiger partial charge in [0.2, 0.25) is 0 Å². The number of piperidine rings is 1. The van der Waals surface area contributed by atoms with Gasteiger partial charge in [0.15, 0.2) is 5.82 Å². The number of hydrogen-bond acceptors (Lipinski definition) is 5. The zero-order chi connectivity index (χ0) is 13.7. The summed E-state index contributed by atoms with van der Waals surface area (Å²) in [5.41, 5.74) is 2.79. The van der Waals surface area contributed by atoms with E-state index in [1.54, 1.807) is 0 Å². The third kappa shape index (κ3) is 3.20. The molecular formula is C13H21N5O. The molecule has 1 amide bonds. The van der Waals surface area contributed by atoms with Gasteiger partial charge in [0.1, 0.15) is 5.69 Å². The molecule has 0 saturated carbocycles. The molecule has 0 aliphatic carbocycles. The first-order valence-electron chi connectivity index (χ1n) is 6.86. The first-order chi connectivity index (χ1) is 9.26. The van der Waals surface area contributed by atoms with Crippen LogP contribution in [0.5, 0.6) is 0 Å². The van der Waals surface area contributed by atoms with E-state index in [2.05, 4.69) is 22.3 Å². The van der Waals surface area contributed by atoms with Crippen LogP contribution in [0.3, 0.4) is 0 Å². The van der Waals surface area contributed by atoms with Gasteiger partial charge < -0.3 is 10.3 Å². The standard InChI is InChI=1S/C13H21N5O/c1-2-5-10-6-3-4-7-18(10)13(19)11-8-16-12(17-14)9-15-11/h8-10H,2-7,14H2,1H3,(H,16,17). The Morgan fingerprint density at radius 2 is 2.32 bits per heavy atom. The number of carbonyl (C=O) groups is 1. The second-order valence-corrected chi connectivity index (χ2v) is 4.87. The fourth-order valence-corrected chi connectivity index (χ4v) is 2.56. The molecule has 1 aliphatic rings. The Balaban J connectivity index is 2.11. The summed E-state index contributed by atoms with van der Waals surface area (Å²) in [6, 6.07) is 0.348. The van der Waals surface area contributed by atoms with Crippen LogP contribution >= 0.6 is 0 Å². The van der Waals surface area contributed by atoms with Crippen molar-refractivity contribution in [3.05, 3.63) is 18.1 Å². The molecule has 2 rings (SSSR count). The van der Waals surface area contributed by atoms with E-state index in [-0.39, 0.29) is 5.91 Å². The zero-order valence-electron chi connectivity index (χ0n) is 11.3. The lowest BCUT2D eigenvalue weighted by Crippen LogP contribution is -2.44. The maximum Gasteiger partial charge on any atom is 0.274 e.